The van der Waals surface area contributed by atoms with E-state index >= 15 is 0 Å². The number of aromatic nitrogens is 1. The molecule has 0 radical (unpaired) electrons. The lowest BCUT2D eigenvalue weighted by atomic mass is 10.0. The Morgan fingerprint density at radius 3 is 2.53 bits per heavy atom. The maximum atomic E-state index is 4.63. The molecule has 0 amide bonds. The van der Waals surface area contributed by atoms with Gasteiger partial charge >= 0.3 is 0 Å². The number of halogens is 1. The molecule has 1 nitrogen and oxygen atoms in total. The third-order valence-corrected chi connectivity index (χ3v) is 3.93. The van der Waals surface area contributed by atoms with Crippen molar-refractivity contribution in [2.45, 2.75) is 51.4 Å². The SMILES string of the molecule is CC(C)c1cnc(C2CCCC2)c(Br)c1. The summed E-state index contributed by atoms with van der Waals surface area (Å²) in [6, 6.07) is 2.24. The Labute approximate surface area is 100 Å². The van der Waals surface area contributed by atoms with E-state index in [-0.39, 0.29) is 0 Å². The zero-order chi connectivity index (χ0) is 10.8. The molecule has 0 aliphatic heterocycles. The minimum atomic E-state index is 0.562. The summed E-state index contributed by atoms with van der Waals surface area (Å²) in [5.74, 6) is 1.26. The van der Waals surface area contributed by atoms with E-state index in [4.69, 9.17) is 0 Å². The van der Waals surface area contributed by atoms with E-state index in [1.807, 2.05) is 6.20 Å². The molecule has 2 heteroatoms. The second-order valence-corrected chi connectivity index (χ2v) is 5.63. The Morgan fingerprint density at radius 2 is 2.00 bits per heavy atom. The van der Waals surface area contributed by atoms with Gasteiger partial charge in [-0.05, 0) is 46.3 Å². The highest BCUT2D eigenvalue weighted by molar-refractivity contribution is 9.10. The summed E-state index contributed by atoms with van der Waals surface area (Å²) in [4.78, 5) is 4.63. The van der Waals surface area contributed by atoms with E-state index in [1.165, 1.54) is 41.4 Å². The summed E-state index contributed by atoms with van der Waals surface area (Å²) < 4.78 is 1.21. The number of hydrogen-bond donors (Lipinski definition) is 0. The van der Waals surface area contributed by atoms with Crippen molar-refractivity contribution < 1.29 is 0 Å². The molecule has 1 aliphatic carbocycles. The smallest absolute Gasteiger partial charge is 0.0576 e. The zero-order valence-electron chi connectivity index (χ0n) is 9.46. The number of hydrogen-bond acceptors (Lipinski definition) is 1. The molecule has 0 aromatic carbocycles. The quantitative estimate of drug-likeness (QED) is 0.762. The minimum absolute atomic E-state index is 0.562. The molecule has 0 saturated heterocycles. The number of pyridine rings is 1. The van der Waals surface area contributed by atoms with Crippen LogP contribution in [0, 0.1) is 0 Å². The zero-order valence-corrected chi connectivity index (χ0v) is 11.0. The fourth-order valence-electron chi connectivity index (χ4n) is 2.28. The Balaban J connectivity index is 2.25. The first-order chi connectivity index (χ1) is 7.18. The number of rotatable bonds is 2. The van der Waals surface area contributed by atoms with Crippen LogP contribution in [0.25, 0.3) is 0 Å². The third kappa shape index (κ3) is 2.41. The first-order valence-electron chi connectivity index (χ1n) is 5.84. The molecular weight excluding hydrogens is 250 g/mol. The van der Waals surface area contributed by atoms with Gasteiger partial charge in [0, 0.05) is 16.6 Å². The third-order valence-electron chi connectivity index (χ3n) is 3.30. The standard InChI is InChI=1S/C13H18BrN/c1-9(2)11-7-12(14)13(15-8-11)10-5-3-4-6-10/h7-10H,3-6H2,1-2H3. The van der Waals surface area contributed by atoms with Crippen molar-refractivity contribution in [1.29, 1.82) is 0 Å². The largest absolute Gasteiger partial charge is 0.260 e. The second-order valence-electron chi connectivity index (χ2n) is 4.77. The lowest BCUT2D eigenvalue weighted by molar-refractivity contribution is 0.689. The maximum Gasteiger partial charge on any atom is 0.0576 e. The fourth-order valence-corrected chi connectivity index (χ4v) is 2.97. The van der Waals surface area contributed by atoms with Crippen LogP contribution >= 0.6 is 15.9 Å². The first-order valence-corrected chi connectivity index (χ1v) is 6.63. The average molecular weight is 268 g/mol. The van der Waals surface area contributed by atoms with Gasteiger partial charge in [0.1, 0.15) is 0 Å². The Hall–Kier alpha value is -0.370. The second kappa shape index (κ2) is 4.65. The highest BCUT2D eigenvalue weighted by atomic mass is 79.9. The van der Waals surface area contributed by atoms with Crippen molar-refractivity contribution in [3.63, 3.8) is 0 Å². The van der Waals surface area contributed by atoms with Crippen LogP contribution < -0.4 is 0 Å². The summed E-state index contributed by atoms with van der Waals surface area (Å²) >= 11 is 3.66. The predicted molar refractivity (Wildman–Crippen MR) is 67.2 cm³/mol. The molecule has 2 rings (SSSR count). The summed E-state index contributed by atoms with van der Waals surface area (Å²) in [7, 11) is 0. The van der Waals surface area contributed by atoms with E-state index in [9.17, 15) is 0 Å². The Kier molecular flexibility index (Phi) is 3.45. The van der Waals surface area contributed by atoms with Crippen molar-refractivity contribution in [2.24, 2.45) is 0 Å². The van der Waals surface area contributed by atoms with Crippen molar-refractivity contribution in [1.82, 2.24) is 4.98 Å². The molecule has 0 atom stereocenters. The fraction of sp³-hybridized carbons (Fsp3) is 0.615. The van der Waals surface area contributed by atoms with Crippen molar-refractivity contribution in [2.75, 3.05) is 0 Å². The van der Waals surface area contributed by atoms with Gasteiger partial charge in [-0.1, -0.05) is 26.7 Å². The van der Waals surface area contributed by atoms with Gasteiger partial charge in [-0.3, -0.25) is 4.98 Å². The van der Waals surface area contributed by atoms with Gasteiger partial charge in [-0.25, -0.2) is 0 Å². The molecule has 82 valence electrons. The topological polar surface area (TPSA) is 12.9 Å². The van der Waals surface area contributed by atoms with E-state index in [1.54, 1.807) is 0 Å². The van der Waals surface area contributed by atoms with Crippen LogP contribution in [0.2, 0.25) is 0 Å². The highest BCUT2D eigenvalue weighted by Gasteiger charge is 2.20. The Morgan fingerprint density at radius 1 is 1.33 bits per heavy atom. The number of nitrogens with zero attached hydrogens (tertiary/aromatic N) is 1. The van der Waals surface area contributed by atoms with Crippen molar-refractivity contribution in [3.05, 3.63) is 28.0 Å². The van der Waals surface area contributed by atoms with Crippen LogP contribution in [0.3, 0.4) is 0 Å². The van der Waals surface area contributed by atoms with Gasteiger partial charge in [0.15, 0.2) is 0 Å². The van der Waals surface area contributed by atoms with Crippen molar-refractivity contribution in [3.8, 4) is 0 Å². The molecule has 0 unspecified atom stereocenters. The molecule has 1 fully saturated rings. The van der Waals surface area contributed by atoms with E-state index in [0.29, 0.717) is 11.8 Å². The minimum Gasteiger partial charge on any atom is -0.260 e. The summed E-state index contributed by atoms with van der Waals surface area (Å²) in [6.45, 7) is 4.41. The van der Waals surface area contributed by atoms with E-state index in [2.05, 4.69) is 40.8 Å². The average Bonchev–Trinajstić information content (AvgIpc) is 2.70. The van der Waals surface area contributed by atoms with Gasteiger partial charge in [0.05, 0.1) is 5.69 Å². The summed E-state index contributed by atoms with van der Waals surface area (Å²) in [5, 5.41) is 0. The van der Waals surface area contributed by atoms with E-state index < -0.39 is 0 Å². The maximum absolute atomic E-state index is 4.63. The molecule has 0 N–H and O–H groups in total. The highest BCUT2D eigenvalue weighted by Crippen LogP contribution is 2.37. The van der Waals surface area contributed by atoms with Gasteiger partial charge in [-0.15, -0.1) is 0 Å². The normalized spacial score (nSPS) is 17.6. The van der Waals surface area contributed by atoms with Crippen LogP contribution in [0.4, 0.5) is 0 Å². The summed E-state index contributed by atoms with van der Waals surface area (Å²) in [6.07, 6.45) is 7.40. The molecular formula is C13H18BrN. The Bertz CT molecular complexity index is 340. The van der Waals surface area contributed by atoms with Gasteiger partial charge < -0.3 is 0 Å². The van der Waals surface area contributed by atoms with Crippen LogP contribution in [0.15, 0.2) is 16.7 Å². The molecule has 0 spiro atoms. The van der Waals surface area contributed by atoms with Crippen LogP contribution in [0.5, 0.6) is 0 Å². The lowest BCUT2D eigenvalue weighted by Gasteiger charge is -2.13. The molecule has 1 saturated carbocycles. The van der Waals surface area contributed by atoms with Gasteiger partial charge in [-0.2, -0.15) is 0 Å². The van der Waals surface area contributed by atoms with Crippen LogP contribution in [0.1, 0.15) is 62.6 Å². The molecule has 1 aromatic heterocycles. The molecule has 15 heavy (non-hydrogen) atoms. The summed E-state index contributed by atoms with van der Waals surface area (Å²) in [5.41, 5.74) is 2.60. The molecule has 1 heterocycles. The van der Waals surface area contributed by atoms with Crippen molar-refractivity contribution >= 4 is 15.9 Å². The first kappa shape index (κ1) is 11.1. The molecule has 1 aromatic rings. The molecule has 1 aliphatic rings. The van der Waals surface area contributed by atoms with Gasteiger partial charge in [0.25, 0.3) is 0 Å². The van der Waals surface area contributed by atoms with Crippen LogP contribution in [-0.4, -0.2) is 4.98 Å². The molecule has 0 bridgehead atoms. The monoisotopic (exact) mass is 267 g/mol. The van der Waals surface area contributed by atoms with Crippen LogP contribution in [-0.2, 0) is 0 Å². The predicted octanol–water partition coefficient (Wildman–Crippen LogP) is 4.63. The lowest BCUT2D eigenvalue weighted by Crippen LogP contribution is -2.00. The van der Waals surface area contributed by atoms with E-state index in [0.717, 1.165) is 0 Å². The van der Waals surface area contributed by atoms with Gasteiger partial charge in [0.2, 0.25) is 0 Å².